The zero-order valence-corrected chi connectivity index (χ0v) is 26.6. The van der Waals surface area contributed by atoms with Crippen molar-refractivity contribution in [1.29, 1.82) is 0 Å². The lowest BCUT2D eigenvalue weighted by Gasteiger charge is -2.49. The van der Waals surface area contributed by atoms with Gasteiger partial charge in [-0.05, 0) is 0 Å². The number of carbonyl (C=O) groups excluding carboxylic acids is 3. The van der Waals surface area contributed by atoms with Gasteiger partial charge in [0.15, 0.2) is 18.9 Å². The Labute approximate surface area is 276 Å². The molecule has 3 saturated heterocycles. The van der Waals surface area contributed by atoms with Crippen molar-refractivity contribution in [2.45, 2.75) is 106 Å². The Morgan fingerprint density at radius 3 is 1.63 bits per heavy atom. The van der Waals surface area contributed by atoms with Gasteiger partial charge >= 0.3 is 0 Å². The fourth-order valence-corrected chi connectivity index (χ4v) is 5.70. The van der Waals surface area contributed by atoms with Gasteiger partial charge in [0.2, 0.25) is 32.6 Å². The third-order valence-electron chi connectivity index (χ3n) is 7.25. The highest BCUT2D eigenvalue weighted by atomic mass is 32.3. The second-order valence-corrected chi connectivity index (χ2v) is 12.9. The van der Waals surface area contributed by atoms with Crippen molar-refractivity contribution in [2.75, 3.05) is 13.2 Å². The van der Waals surface area contributed by atoms with Gasteiger partial charge in [-0.2, -0.15) is 0 Å². The van der Waals surface area contributed by atoms with E-state index in [4.69, 9.17) is 23.7 Å². The Morgan fingerprint density at radius 2 is 1.14 bits per heavy atom. The first-order chi connectivity index (χ1) is 22.5. The molecule has 3 fully saturated rings. The van der Waals surface area contributed by atoms with Crippen LogP contribution in [-0.2, 0) is 67.2 Å². The van der Waals surface area contributed by atoms with Gasteiger partial charge < -0.3 is 84.0 Å². The van der Waals surface area contributed by atoms with Crippen molar-refractivity contribution in [3.05, 3.63) is 0 Å². The van der Waals surface area contributed by atoms with E-state index in [0.717, 1.165) is 13.8 Å². The third-order valence-corrected chi connectivity index (χ3v) is 8.10. The SMILES string of the molecule is CC(=O)N[C@H]1[C@H](O[C@H]2[C@H](O)[C@@H](O)[C@H](O[C@H]3[C@@H](O)[C@@H](COS(=O)(=O)[O-])OC(O)[C@@H]3NC(C)=O)O[C@H]2C(=O)[O-])O[C@H](COS(=O)(=O)[O-])[C@H](O)[C@@H]1O. The molecule has 0 spiro atoms. The third kappa shape index (κ3) is 10.9. The molecule has 3 rings (SSSR count). The molecule has 8 N–H and O–H groups in total. The fourth-order valence-electron chi connectivity index (χ4n) is 5.10. The van der Waals surface area contributed by atoms with Gasteiger partial charge in [0.1, 0.15) is 73.1 Å². The summed E-state index contributed by atoms with van der Waals surface area (Å²) in [6.07, 6.45) is -28.0. The molecule has 0 aliphatic carbocycles. The van der Waals surface area contributed by atoms with Crippen LogP contribution in [0.2, 0.25) is 0 Å². The van der Waals surface area contributed by atoms with E-state index in [-0.39, 0.29) is 0 Å². The quantitative estimate of drug-likeness (QED) is 0.0638. The van der Waals surface area contributed by atoms with Crippen molar-refractivity contribution >= 4 is 38.6 Å². The van der Waals surface area contributed by atoms with Crippen LogP contribution in [0.4, 0.5) is 0 Å². The standard InChI is InChI=1S/C22H36N2O23S2/c1-5(25)23-9-13(29)11(27)7(3-41-48(35,36)37)44-21(9)46-17-14(30)15(31)22(47-18(17)19(32)33)45-16-10(24-6(2)26)20(34)43-8(12(16)28)4-42-49(38,39)40/h7-18,20-22,27-31,34H,3-4H2,1-2H3,(H,23,25)(H,24,26)(H,32,33)(H,35,36,37)(H,38,39,40)/p-3/t7-,8-,9-,10-,11+,12+,13-,14-,15-,16-,17+,18-,20?,21+,22-/m1/s1. The van der Waals surface area contributed by atoms with Crippen molar-refractivity contribution < 1.29 is 108 Å². The second kappa shape index (κ2) is 16.4. The maximum absolute atomic E-state index is 12.2. The number of carboxylic acid groups (broad SMARTS) is 1. The Hall–Kier alpha value is -2.29. The highest BCUT2D eigenvalue weighted by Gasteiger charge is 2.54. The molecule has 0 aromatic heterocycles. The van der Waals surface area contributed by atoms with Crippen LogP contribution in [0, 0.1) is 0 Å². The smallest absolute Gasteiger partial charge is 0.217 e. The average Bonchev–Trinajstić information content (AvgIpc) is 2.96. The van der Waals surface area contributed by atoms with Gasteiger partial charge in [-0.3, -0.25) is 18.0 Å². The Bertz CT molecular complexity index is 1400. The molecule has 27 heteroatoms. The molecule has 3 heterocycles. The van der Waals surface area contributed by atoms with Crippen molar-refractivity contribution in [1.82, 2.24) is 10.6 Å². The Balaban J connectivity index is 1.89. The van der Waals surface area contributed by atoms with Gasteiger partial charge in [-0.15, -0.1) is 0 Å². The van der Waals surface area contributed by atoms with Crippen LogP contribution in [0.15, 0.2) is 0 Å². The van der Waals surface area contributed by atoms with Crippen molar-refractivity contribution in [3.8, 4) is 0 Å². The molecule has 0 aromatic rings. The maximum atomic E-state index is 12.2. The van der Waals surface area contributed by atoms with Gasteiger partial charge in [-0.25, -0.2) is 16.8 Å². The first kappa shape index (κ1) is 41.1. The van der Waals surface area contributed by atoms with Gasteiger partial charge in [-0.1, -0.05) is 0 Å². The number of nitrogens with one attached hydrogen (secondary N) is 2. The van der Waals surface area contributed by atoms with Crippen LogP contribution in [0.1, 0.15) is 13.8 Å². The molecule has 0 radical (unpaired) electrons. The molecule has 25 nitrogen and oxygen atoms in total. The molecule has 0 bridgehead atoms. The molecule has 0 saturated carbocycles. The van der Waals surface area contributed by atoms with E-state index in [1.165, 1.54) is 0 Å². The summed E-state index contributed by atoms with van der Waals surface area (Å²) in [5, 5.41) is 80.4. The molecule has 15 atom stereocenters. The average molecular weight is 758 g/mol. The number of carbonyl (C=O) groups is 3. The topological polar surface area (TPSA) is 399 Å². The summed E-state index contributed by atoms with van der Waals surface area (Å²) in [5.74, 6) is -3.91. The van der Waals surface area contributed by atoms with Crippen LogP contribution in [0.25, 0.3) is 0 Å². The fraction of sp³-hybridized carbons (Fsp3) is 0.864. The first-order valence-corrected chi connectivity index (χ1v) is 16.5. The van der Waals surface area contributed by atoms with Crippen LogP contribution in [-0.4, -0.2) is 180 Å². The minimum Gasteiger partial charge on any atom is -0.726 e. The molecule has 49 heavy (non-hydrogen) atoms. The molecular weight excluding hydrogens is 724 g/mol. The van der Waals surface area contributed by atoms with Gasteiger partial charge in [0.05, 0.1) is 19.2 Å². The number of rotatable bonds is 13. The van der Waals surface area contributed by atoms with E-state index in [0.29, 0.717) is 0 Å². The molecule has 3 aliphatic rings. The molecular formula is C22H33N2O23S2-3. The number of aliphatic hydroxyl groups excluding tert-OH is 6. The van der Waals surface area contributed by atoms with Gasteiger partial charge in [0.25, 0.3) is 0 Å². The summed E-state index contributed by atoms with van der Waals surface area (Å²) in [7, 11) is -10.7. The number of aliphatic carboxylic acids is 1. The maximum Gasteiger partial charge on any atom is 0.217 e. The van der Waals surface area contributed by atoms with Crippen molar-refractivity contribution in [3.63, 3.8) is 0 Å². The zero-order valence-electron chi connectivity index (χ0n) is 25.0. The lowest BCUT2D eigenvalue weighted by atomic mass is 9.94. The summed E-state index contributed by atoms with van der Waals surface area (Å²) in [6, 6.07) is -3.54. The lowest BCUT2D eigenvalue weighted by molar-refractivity contribution is -0.379. The largest absolute Gasteiger partial charge is 0.726 e. The van der Waals surface area contributed by atoms with Gasteiger partial charge in [0, 0.05) is 13.8 Å². The molecule has 2 amide bonds. The van der Waals surface area contributed by atoms with Crippen LogP contribution >= 0.6 is 0 Å². The second-order valence-electron chi connectivity index (χ2n) is 10.8. The Kier molecular flexibility index (Phi) is 13.7. The summed E-state index contributed by atoms with van der Waals surface area (Å²) in [6.45, 7) is -0.525. The molecule has 3 aliphatic heterocycles. The minimum atomic E-state index is -5.37. The number of carboxylic acids is 1. The molecule has 0 aromatic carbocycles. The normalized spacial score (nSPS) is 40.3. The first-order valence-electron chi connectivity index (χ1n) is 13.8. The summed E-state index contributed by atoms with van der Waals surface area (Å²) in [4.78, 5) is 35.7. The monoisotopic (exact) mass is 757 g/mol. The van der Waals surface area contributed by atoms with E-state index in [2.05, 4.69) is 19.0 Å². The number of ether oxygens (including phenoxy) is 5. The lowest BCUT2D eigenvalue weighted by Crippen LogP contribution is -2.70. The predicted molar refractivity (Wildman–Crippen MR) is 139 cm³/mol. The molecule has 1 unspecified atom stereocenters. The van der Waals surface area contributed by atoms with Crippen LogP contribution < -0.4 is 15.7 Å². The number of hydrogen-bond donors (Lipinski definition) is 8. The van der Waals surface area contributed by atoms with E-state index >= 15 is 0 Å². The minimum absolute atomic E-state index is 0.860. The number of amides is 2. The molecule has 284 valence electrons. The highest BCUT2D eigenvalue weighted by molar-refractivity contribution is 7.81. The Morgan fingerprint density at radius 1 is 0.653 bits per heavy atom. The van der Waals surface area contributed by atoms with E-state index in [1.807, 2.05) is 0 Å². The summed E-state index contributed by atoms with van der Waals surface area (Å²) in [5.41, 5.74) is 0. The zero-order chi connectivity index (χ0) is 37.2. The van der Waals surface area contributed by atoms with E-state index in [9.17, 15) is 76.1 Å². The van der Waals surface area contributed by atoms with Crippen molar-refractivity contribution in [2.24, 2.45) is 0 Å². The predicted octanol–water partition coefficient (Wildman–Crippen LogP) is -9.56. The number of aliphatic hydroxyl groups is 6. The van der Waals surface area contributed by atoms with Crippen LogP contribution in [0.3, 0.4) is 0 Å². The van der Waals surface area contributed by atoms with E-state index < -0.39 is 144 Å². The van der Waals surface area contributed by atoms with E-state index in [1.54, 1.807) is 0 Å². The summed E-state index contributed by atoms with van der Waals surface area (Å²) < 4.78 is 99.9. The summed E-state index contributed by atoms with van der Waals surface area (Å²) >= 11 is 0. The van der Waals surface area contributed by atoms with Crippen LogP contribution in [0.5, 0.6) is 0 Å². The number of hydrogen-bond acceptors (Lipinski definition) is 23. The highest BCUT2D eigenvalue weighted by Crippen LogP contribution is 2.32.